The molecule has 61 valence electrons. The molecule has 0 atom stereocenters. The molecule has 1 aromatic carbocycles. The van der Waals surface area contributed by atoms with Crippen molar-refractivity contribution in [3.8, 4) is 6.07 Å². The van der Waals surface area contributed by atoms with E-state index in [2.05, 4.69) is 0 Å². The van der Waals surface area contributed by atoms with Gasteiger partial charge < -0.3 is 0 Å². The van der Waals surface area contributed by atoms with Crippen LogP contribution in [0.4, 0.5) is 0 Å². The van der Waals surface area contributed by atoms with Gasteiger partial charge in [-0.2, -0.15) is 5.26 Å². The molecule has 0 aromatic heterocycles. The third-order valence-corrected chi connectivity index (χ3v) is 2.15. The molecule has 0 saturated carbocycles. The number of hydrogen-bond donors (Lipinski definition) is 1. The first-order valence-electron chi connectivity index (χ1n) is 3.22. The second kappa shape index (κ2) is 3.88. The second-order valence-electron chi connectivity index (χ2n) is 2.09. The molecule has 1 radical (unpaired) electrons. The third kappa shape index (κ3) is 1.83. The first kappa shape index (κ1) is 8.75. The summed E-state index contributed by atoms with van der Waals surface area (Å²) in [4.78, 5) is 0.189. The lowest BCUT2D eigenvalue weighted by atomic mass is 10.2. The zero-order valence-corrected chi connectivity index (χ0v) is 6.99. The highest BCUT2D eigenvalue weighted by Gasteiger charge is 2.02. The van der Waals surface area contributed by atoms with Crippen LogP contribution in [-0.4, -0.2) is 8.42 Å². The van der Waals surface area contributed by atoms with Gasteiger partial charge in [0.15, 0.2) is 10.7 Å². The van der Waals surface area contributed by atoms with Gasteiger partial charge in [-0.1, -0.05) is 18.2 Å². The largest absolute Gasteiger partial charge is 0.227 e. The minimum atomic E-state index is -2.61. The first-order chi connectivity index (χ1) is 5.75. The molecule has 0 saturated heterocycles. The summed E-state index contributed by atoms with van der Waals surface area (Å²) in [6.07, 6.45) is 1.21. The molecule has 0 unspecified atom stereocenters. The maximum Gasteiger partial charge on any atom is 0.168 e. The molecule has 0 spiro atoms. The fraction of sp³-hybridized carbons (Fsp3) is 0. The quantitative estimate of drug-likeness (QED) is 0.683. The van der Waals surface area contributed by atoms with E-state index in [0.717, 1.165) is 0 Å². The van der Waals surface area contributed by atoms with E-state index in [0.29, 0.717) is 5.56 Å². The van der Waals surface area contributed by atoms with Crippen molar-refractivity contribution in [2.24, 2.45) is 0 Å². The maximum atomic E-state index is 10.6. The van der Waals surface area contributed by atoms with E-state index in [1.165, 1.54) is 12.5 Å². The van der Waals surface area contributed by atoms with E-state index in [4.69, 9.17) is 5.26 Å². The second-order valence-corrected chi connectivity index (χ2v) is 3.09. The Morgan fingerprint density at radius 3 is 2.58 bits per heavy atom. The van der Waals surface area contributed by atoms with E-state index >= 15 is 0 Å². The van der Waals surface area contributed by atoms with Crippen LogP contribution in [0.5, 0.6) is 0 Å². The number of rotatable bonds is 2. The monoisotopic (exact) mass is 180 g/mol. The minimum Gasteiger partial charge on any atom is -0.227 e. The van der Waals surface area contributed by atoms with Gasteiger partial charge in [0.25, 0.3) is 0 Å². The Bertz CT molecular complexity index is 382. The van der Waals surface area contributed by atoms with Crippen LogP contribution in [0.25, 0.3) is 0 Å². The molecular weight excluding hydrogens is 174 g/mol. The summed E-state index contributed by atoms with van der Waals surface area (Å²) in [6.45, 7) is 0. The zero-order valence-electron chi connectivity index (χ0n) is 6.10. The fourth-order valence-electron chi connectivity index (χ4n) is 0.845. The van der Waals surface area contributed by atoms with Gasteiger partial charge in [-0.05, 0) is 11.6 Å². The van der Waals surface area contributed by atoms with Crippen LogP contribution in [0.3, 0.4) is 0 Å². The Morgan fingerprint density at radius 2 is 2.00 bits per heavy atom. The van der Waals surface area contributed by atoms with Crippen LogP contribution in [0.15, 0.2) is 29.2 Å². The molecule has 0 amide bonds. The smallest absolute Gasteiger partial charge is 0.168 e. The molecule has 0 aliphatic rings. The molecule has 3 nitrogen and oxygen atoms in total. The number of benzene rings is 1. The number of nitrogens with zero attached hydrogens (tertiary/aromatic N) is 1. The fourth-order valence-corrected chi connectivity index (χ4v) is 1.40. The normalized spacial score (nSPS) is 9.67. The highest BCUT2D eigenvalue weighted by Crippen LogP contribution is 2.11. The summed E-state index contributed by atoms with van der Waals surface area (Å²) in [5, 5.41) is 8.32. The summed E-state index contributed by atoms with van der Waals surface area (Å²) >= 11 is 0. The Morgan fingerprint density at radius 1 is 1.33 bits per heavy atom. The molecule has 0 aliphatic heterocycles. The van der Waals surface area contributed by atoms with Crippen molar-refractivity contribution in [3.63, 3.8) is 0 Å². The molecule has 12 heavy (non-hydrogen) atoms. The van der Waals surface area contributed by atoms with Crippen molar-refractivity contribution < 1.29 is 8.42 Å². The Labute approximate surface area is 72.2 Å². The van der Waals surface area contributed by atoms with E-state index in [-0.39, 0.29) is 4.90 Å². The van der Waals surface area contributed by atoms with E-state index in [9.17, 15) is 8.42 Å². The molecule has 0 heterocycles. The predicted octanol–water partition coefficient (Wildman–Crippen LogP) is 0.733. The van der Waals surface area contributed by atoms with Crippen molar-refractivity contribution in [2.45, 2.75) is 4.90 Å². The Hall–Kier alpha value is -1.34. The lowest BCUT2D eigenvalue weighted by Crippen LogP contribution is -1.87. The van der Waals surface area contributed by atoms with Gasteiger partial charge in [0, 0.05) is 0 Å². The maximum absolute atomic E-state index is 10.6. The van der Waals surface area contributed by atoms with Gasteiger partial charge in [0.2, 0.25) is 0 Å². The molecule has 0 aliphatic carbocycles. The number of nitriles is 1. The lowest BCUT2D eigenvalue weighted by Gasteiger charge is -1.96. The highest BCUT2D eigenvalue weighted by molar-refractivity contribution is 7.72. The molecule has 0 fully saturated rings. The van der Waals surface area contributed by atoms with Crippen molar-refractivity contribution in [2.75, 3.05) is 0 Å². The molecule has 1 rings (SSSR count). The van der Waals surface area contributed by atoms with Gasteiger partial charge >= 0.3 is 0 Å². The summed E-state index contributed by atoms with van der Waals surface area (Å²) in [6, 6.07) is 8.15. The van der Waals surface area contributed by atoms with Crippen LogP contribution in [0.2, 0.25) is 0 Å². The van der Waals surface area contributed by atoms with Gasteiger partial charge in [0.1, 0.15) is 0 Å². The minimum absolute atomic E-state index is 0.189. The van der Waals surface area contributed by atoms with E-state index in [1.807, 2.05) is 0 Å². The van der Waals surface area contributed by atoms with Crippen LogP contribution in [0, 0.1) is 17.8 Å². The van der Waals surface area contributed by atoms with Crippen molar-refractivity contribution in [3.05, 3.63) is 36.2 Å². The van der Waals surface area contributed by atoms with Gasteiger partial charge in [-0.3, -0.25) is 0 Å². The lowest BCUT2D eigenvalue weighted by molar-refractivity contribution is 0.614. The number of hydrogen-bond acceptors (Lipinski definition) is 3. The standard InChI is InChI=1S/C8H6NO2S/c9-6-5-7-3-1-2-4-8(7)12(10)11/h1-5,12H. The molecule has 0 N–H and O–H groups in total. The molecule has 4 heteroatoms. The van der Waals surface area contributed by atoms with Crippen LogP contribution in [-0.2, 0) is 10.7 Å². The number of thiol groups is 1. The summed E-state index contributed by atoms with van der Waals surface area (Å²) < 4.78 is 21.2. The van der Waals surface area contributed by atoms with Crippen LogP contribution in [0.1, 0.15) is 5.56 Å². The summed E-state index contributed by atoms with van der Waals surface area (Å²) in [5.41, 5.74) is 0.441. The Kier molecular flexibility index (Phi) is 2.83. The summed E-state index contributed by atoms with van der Waals surface area (Å²) in [5.74, 6) is 0. The average Bonchev–Trinajstić information content (AvgIpc) is 2.05. The van der Waals surface area contributed by atoms with E-state index in [1.54, 1.807) is 24.3 Å². The first-order valence-corrected chi connectivity index (χ1v) is 4.39. The Balaban J connectivity index is 3.19. The van der Waals surface area contributed by atoms with Crippen molar-refractivity contribution in [1.29, 1.82) is 5.26 Å². The van der Waals surface area contributed by atoms with Gasteiger partial charge in [-0.25, -0.2) is 8.42 Å². The molecule has 0 bridgehead atoms. The van der Waals surface area contributed by atoms with Gasteiger partial charge in [0.05, 0.1) is 17.4 Å². The van der Waals surface area contributed by atoms with Crippen molar-refractivity contribution in [1.82, 2.24) is 0 Å². The van der Waals surface area contributed by atoms with Crippen molar-refractivity contribution >= 4 is 10.7 Å². The SMILES string of the molecule is N#C[CH]c1ccccc1[SH](=O)=O. The highest BCUT2D eigenvalue weighted by atomic mass is 32.2. The average molecular weight is 180 g/mol. The third-order valence-electron chi connectivity index (χ3n) is 1.35. The van der Waals surface area contributed by atoms with Gasteiger partial charge in [-0.15, -0.1) is 0 Å². The van der Waals surface area contributed by atoms with E-state index < -0.39 is 10.7 Å². The molecule has 1 aromatic rings. The topological polar surface area (TPSA) is 57.9 Å². The van der Waals surface area contributed by atoms with Crippen LogP contribution < -0.4 is 0 Å². The van der Waals surface area contributed by atoms with Crippen LogP contribution >= 0.6 is 0 Å². The predicted molar refractivity (Wildman–Crippen MR) is 44.0 cm³/mol. The zero-order chi connectivity index (χ0) is 8.97. The molecular formula is C8H6NO2S. The summed E-state index contributed by atoms with van der Waals surface area (Å²) in [7, 11) is -2.61.